The van der Waals surface area contributed by atoms with Crippen molar-refractivity contribution in [1.29, 1.82) is 5.26 Å². The number of carbonyl (C=O) groups is 1. The van der Waals surface area contributed by atoms with Crippen molar-refractivity contribution in [1.82, 2.24) is 19.1 Å². The van der Waals surface area contributed by atoms with Gasteiger partial charge in [-0.2, -0.15) is 9.57 Å². The number of nitriles is 1. The van der Waals surface area contributed by atoms with Crippen LogP contribution in [0, 0.1) is 11.3 Å². The number of nitrogens with two attached hydrogens (primary N) is 1. The minimum Gasteiger partial charge on any atom is -0.368 e. The largest absolute Gasteiger partial charge is 0.368 e. The zero-order valence-electron chi connectivity index (χ0n) is 15.5. The molecule has 10 nitrogen and oxygen atoms in total. The third-order valence-electron chi connectivity index (χ3n) is 3.79. The number of aromatic nitrogens is 3. The SMILES string of the molecule is CCN(CC)S(=O)(=O)c1ccc(NC(=O)Cn2c(N)nnc2SCC#N)cc1. The highest BCUT2D eigenvalue weighted by Gasteiger charge is 2.21. The number of carbonyl (C=O) groups excluding carboxylic acids is 1. The molecule has 2 rings (SSSR count). The molecule has 0 spiro atoms. The molecule has 0 bridgehead atoms. The van der Waals surface area contributed by atoms with Crippen LogP contribution in [0.1, 0.15) is 13.8 Å². The highest BCUT2D eigenvalue weighted by Crippen LogP contribution is 2.20. The number of amides is 1. The molecule has 28 heavy (non-hydrogen) atoms. The van der Waals surface area contributed by atoms with Crippen LogP contribution in [0.25, 0.3) is 0 Å². The van der Waals surface area contributed by atoms with Gasteiger partial charge in [0.05, 0.1) is 16.7 Å². The van der Waals surface area contributed by atoms with E-state index in [1.165, 1.54) is 33.1 Å². The number of thioether (sulfide) groups is 1. The zero-order valence-corrected chi connectivity index (χ0v) is 17.1. The van der Waals surface area contributed by atoms with Gasteiger partial charge in [0.2, 0.25) is 21.9 Å². The lowest BCUT2D eigenvalue weighted by molar-refractivity contribution is -0.116. The van der Waals surface area contributed by atoms with Crippen LogP contribution in [-0.4, -0.2) is 52.2 Å². The second kappa shape index (κ2) is 9.54. The molecule has 0 saturated carbocycles. The first-order valence-corrected chi connectivity index (χ1v) is 10.8. The molecule has 2 aromatic rings. The maximum Gasteiger partial charge on any atom is 0.244 e. The molecule has 12 heteroatoms. The summed E-state index contributed by atoms with van der Waals surface area (Å²) in [4.78, 5) is 12.5. The van der Waals surface area contributed by atoms with Gasteiger partial charge in [-0.3, -0.25) is 9.36 Å². The predicted molar refractivity (Wildman–Crippen MR) is 106 cm³/mol. The Balaban J connectivity index is 2.08. The van der Waals surface area contributed by atoms with Crippen molar-refractivity contribution >= 4 is 39.3 Å². The molecular weight excluding hydrogens is 402 g/mol. The second-order valence-electron chi connectivity index (χ2n) is 5.54. The highest BCUT2D eigenvalue weighted by molar-refractivity contribution is 7.99. The number of rotatable bonds is 9. The lowest BCUT2D eigenvalue weighted by Gasteiger charge is -2.18. The van der Waals surface area contributed by atoms with Gasteiger partial charge >= 0.3 is 0 Å². The van der Waals surface area contributed by atoms with Crippen molar-refractivity contribution in [2.24, 2.45) is 0 Å². The third kappa shape index (κ3) is 5.00. The van der Waals surface area contributed by atoms with Crippen molar-refractivity contribution in [3.63, 3.8) is 0 Å². The maximum atomic E-state index is 12.5. The lowest BCUT2D eigenvalue weighted by Crippen LogP contribution is -2.30. The Morgan fingerprint density at radius 2 is 1.93 bits per heavy atom. The Morgan fingerprint density at radius 3 is 2.50 bits per heavy atom. The molecule has 150 valence electrons. The summed E-state index contributed by atoms with van der Waals surface area (Å²) in [5, 5.41) is 19.2. The van der Waals surface area contributed by atoms with E-state index in [-0.39, 0.29) is 29.0 Å². The van der Waals surface area contributed by atoms with Gasteiger partial charge in [0.15, 0.2) is 5.16 Å². The van der Waals surface area contributed by atoms with E-state index >= 15 is 0 Å². The zero-order chi connectivity index (χ0) is 20.7. The highest BCUT2D eigenvalue weighted by atomic mass is 32.2. The van der Waals surface area contributed by atoms with Crippen molar-refractivity contribution < 1.29 is 13.2 Å². The van der Waals surface area contributed by atoms with E-state index in [0.717, 1.165) is 11.8 Å². The first-order chi connectivity index (χ1) is 13.3. The molecule has 0 fully saturated rings. The van der Waals surface area contributed by atoms with Crippen LogP contribution < -0.4 is 11.1 Å². The average molecular weight is 424 g/mol. The van der Waals surface area contributed by atoms with Gasteiger partial charge in [-0.1, -0.05) is 25.6 Å². The van der Waals surface area contributed by atoms with Crippen LogP contribution in [0.2, 0.25) is 0 Å². The fraction of sp³-hybridized carbons (Fsp3) is 0.375. The van der Waals surface area contributed by atoms with Crippen molar-refractivity contribution in [3.8, 4) is 6.07 Å². The van der Waals surface area contributed by atoms with E-state index in [9.17, 15) is 13.2 Å². The second-order valence-corrected chi connectivity index (χ2v) is 8.42. The summed E-state index contributed by atoms with van der Waals surface area (Å²) < 4.78 is 27.7. The van der Waals surface area contributed by atoms with E-state index < -0.39 is 10.0 Å². The number of nitrogen functional groups attached to an aromatic ring is 1. The Bertz CT molecular complexity index is 961. The smallest absolute Gasteiger partial charge is 0.244 e. The Hall–Kier alpha value is -2.62. The third-order valence-corrected chi connectivity index (χ3v) is 6.69. The Kier molecular flexibility index (Phi) is 7.38. The number of nitrogens with zero attached hydrogens (tertiary/aromatic N) is 5. The van der Waals surface area contributed by atoms with Gasteiger partial charge in [-0.15, -0.1) is 10.2 Å². The first kappa shape index (κ1) is 21.7. The van der Waals surface area contributed by atoms with Crippen LogP contribution in [-0.2, 0) is 21.4 Å². The summed E-state index contributed by atoms with van der Waals surface area (Å²) in [5.41, 5.74) is 6.16. The van der Waals surface area contributed by atoms with Gasteiger partial charge in [-0.05, 0) is 24.3 Å². The van der Waals surface area contributed by atoms with Gasteiger partial charge in [-0.25, -0.2) is 8.42 Å². The lowest BCUT2D eigenvalue weighted by atomic mass is 10.3. The average Bonchev–Trinajstić information content (AvgIpc) is 3.01. The van der Waals surface area contributed by atoms with Crippen LogP contribution in [0.3, 0.4) is 0 Å². The van der Waals surface area contributed by atoms with Gasteiger partial charge in [0.1, 0.15) is 6.54 Å². The number of hydrogen-bond acceptors (Lipinski definition) is 8. The van der Waals surface area contributed by atoms with Gasteiger partial charge in [0, 0.05) is 18.8 Å². The minimum atomic E-state index is -3.55. The maximum absolute atomic E-state index is 12.5. The standard InChI is InChI=1S/C16H21N7O3S2/c1-3-22(4-2)28(25,26)13-7-5-12(6-8-13)19-14(24)11-23-15(18)20-21-16(23)27-10-9-17/h5-8H,3-4,10-11H2,1-2H3,(H2,18,20)(H,19,24). The van der Waals surface area contributed by atoms with Crippen LogP contribution >= 0.6 is 11.8 Å². The topological polar surface area (TPSA) is 147 Å². The Labute approximate surface area is 167 Å². The monoisotopic (exact) mass is 423 g/mol. The molecule has 0 saturated heterocycles. The van der Waals surface area contributed by atoms with E-state index in [1.807, 2.05) is 6.07 Å². The minimum absolute atomic E-state index is 0.0660. The number of sulfonamides is 1. The molecule has 1 heterocycles. The molecule has 3 N–H and O–H groups in total. The van der Waals surface area contributed by atoms with Gasteiger partial charge < -0.3 is 11.1 Å². The van der Waals surface area contributed by atoms with E-state index in [4.69, 9.17) is 11.0 Å². The molecule has 0 unspecified atom stereocenters. The summed E-state index contributed by atoms with van der Waals surface area (Å²) in [6.07, 6.45) is 0. The van der Waals surface area contributed by atoms with E-state index in [0.29, 0.717) is 23.9 Å². The fourth-order valence-electron chi connectivity index (χ4n) is 2.42. The fourth-order valence-corrected chi connectivity index (χ4v) is 4.48. The van der Waals surface area contributed by atoms with Crippen molar-refractivity contribution in [2.75, 3.05) is 29.9 Å². The number of anilines is 2. The molecule has 0 atom stereocenters. The molecule has 0 aliphatic rings. The van der Waals surface area contributed by atoms with Crippen molar-refractivity contribution in [3.05, 3.63) is 24.3 Å². The molecule has 1 aromatic heterocycles. The normalized spacial score (nSPS) is 11.4. The number of hydrogen-bond donors (Lipinski definition) is 2. The number of benzene rings is 1. The van der Waals surface area contributed by atoms with Crippen LogP contribution in [0.15, 0.2) is 34.3 Å². The first-order valence-electron chi connectivity index (χ1n) is 8.42. The van der Waals surface area contributed by atoms with Crippen LogP contribution in [0.4, 0.5) is 11.6 Å². The van der Waals surface area contributed by atoms with E-state index in [2.05, 4.69) is 15.5 Å². The quantitative estimate of drug-likeness (QED) is 0.571. The predicted octanol–water partition coefficient (Wildman–Crippen LogP) is 1.15. The molecule has 1 aromatic carbocycles. The Morgan fingerprint density at radius 1 is 1.29 bits per heavy atom. The van der Waals surface area contributed by atoms with Crippen molar-refractivity contribution in [2.45, 2.75) is 30.4 Å². The molecule has 0 aliphatic heterocycles. The molecular formula is C16H21N7O3S2. The summed E-state index contributed by atoms with van der Waals surface area (Å²) >= 11 is 1.12. The molecule has 0 radical (unpaired) electrons. The summed E-state index contributed by atoms with van der Waals surface area (Å²) in [7, 11) is -3.55. The van der Waals surface area contributed by atoms with Gasteiger partial charge in [0.25, 0.3) is 0 Å². The number of nitrogens with one attached hydrogen (secondary N) is 1. The van der Waals surface area contributed by atoms with E-state index in [1.54, 1.807) is 13.8 Å². The van der Waals surface area contributed by atoms with Crippen LogP contribution in [0.5, 0.6) is 0 Å². The summed E-state index contributed by atoms with van der Waals surface area (Å²) in [5.74, 6) is -0.164. The summed E-state index contributed by atoms with van der Waals surface area (Å²) in [6, 6.07) is 7.91. The molecule has 1 amide bonds. The summed E-state index contributed by atoms with van der Waals surface area (Å²) in [6.45, 7) is 4.17. The molecule has 0 aliphatic carbocycles.